The van der Waals surface area contributed by atoms with Crippen molar-refractivity contribution in [2.24, 2.45) is 11.5 Å². The van der Waals surface area contributed by atoms with E-state index < -0.39 is 68.3 Å². The van der Waals surface area contributed by atoms with Gasteiger partial charge in [0.2, 0.25) is 5.91 Å². The molecule has 24 heavy (non-hydrogen) atoms. The molecule has 2 aromatic carbocycles. The van der Waals surface area contributed by atoms with Crippen LogP contribution in [-0.2, 0) is 0 Å². The summed E-state index contributed by atoms with van der Waals surface area (Å²) in [7, 11) is 0. The molecule has 0 saturated heterocycles. The lowest BCUT2D eigenvalue weighted by Gasteiger charge is -2.16. The van der Waals surface area contributed by atoms with Crippen molar-refractivity contribution < 1.29 is 39.6 Å². The molecule has 2 rings (SSSR count). The largest absolute Gasteiger partial charge is 0.504 e. The third-order valence-electron chi connectivity index (χ3n) is 3.36. The second-order valence-corrected chi connectivity index (χ2v) is 4.70. The first-order valence-corrected chi connectivity index (χ1v) is 6.20. The van der Waals surface area contributed by atoms with Crippen LogP contribution in [0.15, 0.2) is 12.1 Å². The third-order valence-corrected chi connectivity index (χ3v) is 3.36. The Morgan fingerprint density at radius 3 is 1.58 bits per heavy atom. The maximum absolute atomic E-state index is 11.6. The van der Waals surface area contributed by atoms with E-state index in [-0.39, 0.29) is 0 Å². The third kappa shape index (κ3) is 2.22. The van der Waals surface area contributed by atoms with Gasteiger partial charge in [-0.25, -0.2) is 9.59 Å². The summed E-state index contributed by atoms with van der Waals surface area (Å²) in [6.45, 7) is 0. The molecular formula is C14H10N2O8. The molecule has 0 aromatic heterocycles. The van der Waals surface area contributed by atoms with Crippen LogP contribution in [0.25, 0.3) is 10.8 Å². The zero-order chi connectivity index (χ0) is 18.3. The monoisotopic (exact) mass is 334 g/mol. The average Bonchev–Trinajstić information content (AvgIpc) is 2.46. The van der Waals surface area contributed by atoms with Crippen molar-refractivity contribution in [3.8, 4) is 11.5 Å². The fourth-order valence-electron chi connectivity index (χ4n) is 2.43. The average molecular weight is 334 g/mol. The van der Waals surface area contributed by atoms with Crippen molar-refractivity contribution in [2.75, 3.05) is 0 Å². The number of carboxylic acid groups (broad SMARTS) is 2. The van der Waals surface area contributed by atoms with Crippen molar-refractivity contribution in [3.05, 3.63) is 34.4 Å². The molecule has 8 N–H and O–H groups in total. The van der Waals surface area contributed by atoms with Gasteiger partial charge >= 0.3 is 11.9 Å². The van der Waals surface area contributed by atoms with Gasteiger partial charge in [-0.05, 0) is 12.1 Å². The van der Waals surface area contributed by atoms with E-state index in [1.165, 1.54) is 0 Å². The summed E-state index contributed by atoms with van der Waals surface area (Å²) in [5, 5.41) is 37.1. The number of carbonyl (C=O) groups excluding carboxylic acids is 2. The fourth-order valence-corrected chi connectivity index (χ4v) is 2.43. The smallest absolute Gasteiger partial charge is 0.340 e. The number of phenols is 2. The van der Waals surface area contributed by atoms with Crippen molar-refractivity contribution in [1.29, 1.82) is 0 Å². The topological polar surface area (TPSA) is 201 Å². The predicted molar refractivity (Wildman–Crippen MR) is 78.2 cm³/mol. The molecular weight excluding hydrogens is 324 g/mol. The summed E-state index contributed by atoms with van der Waals surface area (Å²) in [4.78, 5) is 46.0. The number of rotatable bonds is 4. The minimum Gasteiger partial charge on any atom is -0.504 e. The zero-order valence-electron chi connectivity index (χ0n) is 11.7. The van der Waals surface area contributed by atoms with Crippen molar-refractivity contribution in [3.63, 3.8) is 0 Å². The highest BCUT2D eigenvalue weighted by Crippen LogP contribution is 2.42. The lowest BCUT2D eigenvalue weighted by molar-refractivity contribution is 0.0692. The number of aromatic hydroxyl groups is 2. The minimum absolute atomic E-state index is 0.443. The summed E-state index contributed by atoms with van der Waals surface area (Å²) in [5.74, 6) is -8.30. The highest BCUT2D eigenvalue weighted by molar-refractivity contribution is 6.25. The Balaban J connectivity index is 3.35. The number of hydrogen-bond donors (Lipinski definition) is 6. The summed E-state index contributed by atoms with van der Waals surface area (Å²) in [6, 6.07) is 1.83. The van der Waals surface area contributed by atoms with Crippen LogP contribution in [0.3, 0.4) is 0 Å². The Bertz CT molecular complexity index is 871. The van der Waals surface area contributed by atoms with Gasteiger partial charge in [0.15, 0.2) is 11.5 Å². The van der Waals surface area contributed by atoms with Gasteiger partial charge in [0.25, 0.3) is 5.91 Å². The molecule has 124 valence electrons. The standard InChI is InChI=1S/C14H10N2O8/c15-11(19)3-1-2-4(13(21)22)6-5(3)7(12(16)20)9(17)10(18)8(6)14(23)24/h1-2,17-18H,(H2,15,19)(H2,16,20)(H,21,22)(H,23,24). The molecule has 0 heterocycles. The Hall–Kier alpha value is -3.82. The Morgan fingerprint density at radius 1 is 0.708 bits per heavy atom. The van der Waals surface area contributed by atoms with Gasteiger partial charge in [0.05, 0.1) is 11.1 Å². The van der Waals surface area contributed by atoms with E-state index in [0.29, 0.717) is 0 Å². The quantitative estimate of drug-likeness (QED) is 0.414. The maximum Gasteiger partial charge on any atom is 0.340 e. The van der Waals surface area contributed by atoms with E-state index in [4.69, 9.17) is 11.5 Å². The minimum atomic E-state index is -1.80. The molecule has 0 fully saturated rings. The molecule has 0 aliphatic carbocycles. The SMILES string of the molecule is NC(=O)c1ccc(C(=O)O)c2c(C(=O)O)c(O)c(O)c(C(N)=O)c12. The molecule has 0 saturated carbocycles. The molecule has 0 spiro atoms. The van der Waals surface area contributed by atoms with Crippen LogP contribution < -0.4 is 11.5 Å². The lowest BCUT2D eigenvalue weighted by atomic mass is 9.89. The first-order chi connectivity index (χ1) is 11.1. The second-order valence-electron chi connectivity index (χ2n) is 4.70. The normalized spacial score (nSPS) is 10.5. The van der Waals surface area contributed by atoms with Crippen molar-refractivity contribution >= 4 is 34.5 Å². The van der Waals surface area contributed by atoms with E-state index in [1.54, 1.807) is 0 Å². The highest BCUT2D eigenvalue weighted by Gasteiger charge is 2.31. The molecule has 10 nitrogen and oxygen atoms in total. The summed E-state index contributed by atoms with van der Waals surface area (Å²) in [5.41, 5.74) is 7.37. The van der Waals surface area contributed by atoms with E-state index in [0.717, 1.165) is 12.1 Å². The molecule has 0 atom stereocenters. The summed E-state index contributed by atoms with van der Waals surface area (Å²) < 4.78 is 0. The van der Waals surface area contributed by atoms with Crippen LogP contribution in [0, 0.1) is 0 Å². The van der Waals surface area contributed by atoms with Gasteiger partial charge < -0.3 is 31.9 Å². The van der Waals surface area contributed by atoms with Crippen LogP contribution >= 0.6 is 0 Å². The van der Waals surface area contributed by atoms with E-state index >= 15 is 0 Å². The number of amides is 2. The molecule has 0 radical (unpaired) electrons. The summed E-state index contributed by atoms with van der Waals surface area (Å²) in [6.07, 6.45) is 0. The number of carbonyl (C=O) groups is 4. The number of nitrogens with two attached hydrogens (primary N) is 2. The number of benzene rings is 2. The Kier molecular flexibility index (Phi) is 3.74. The van der Waals surface area contributed by atoms with E-state index in [1.807, 2.05) is 0 Å². The molecule has 0 aliphatic rings. The van der Waals surface area contributed by atoms with Gasteiger partial charge in [-0.2, -0.15) is 0 Å². The van der Waals surface area contributed by atoms with Crippen LogP contribution in [-0.4, -0.2) is 44.2 Å². The fraction of sp³-hybridized carbons (Fsp3) is 0. The molecule has 0 unspecified atom stereocenters. The number of carboxylic acids is 2. The Labute approximate surface area is 132 Å². The zero-order valence-corrected chi connectivity index (χ0v) is 11.7. The molecule has 2 aromatic rings. The maximum atomic E-state index is 11.6. The first-order valence-electron chi connectivity index (χ1n) is 6.20. The molecule has 2 amide bonds. The summed E-state index contributed by atoms with van der Waals surface area (Å²) >= 11 is 0. The van der Waals surface area contributed by atoms with Gasteiger partial charge in [-0.3, -0.25) is 9.59 Å². The van der Waals surface area contributed by atoms with Gasteiger partial charge in [-0.1, -0.05) is 0 Å². The van der Waals surface area contributed by atoms with E-state index in [9.17, 15) is 39.6 Å². The number of primary amides is 2. The van der Waals surface area contributed by atoms with Crippen LogP contribution in [0.2, 0.25) is 0 Å². The van der Waals surface area contributed by atoms with Gasteiger partial charge in [-0.15, -0.1) is 0 Å². The lowest BCUT2D eigenvalue weighted by Crippen LogP contribution is -2.19. The predicted octanol–water partition coefficient (Wildman–Crippen LogP) is -0.155. The highest BCUT2D eigenvalue weighted by atomic mass is 16.4. The molecule has 0 bridgehead atoms. The number of aromatic carboxylic acids is 2. The number of fused-ring (bicyclic) bond motifs is 1. The van der Waals surface area contributed by atoms with E-state index in [2.05, 4.69) is 0 Å². The van der Waals surface area contributed by atoms with Crippen LogP contribution in [0.5, 0.6) is 11.5 Å². The van der Waals surface area contributed by atoms with Crippen molar-refractivity contribution in [2.45, 2.75) is 0 Å². The van der Waals surface area contributed by atoms with Crippen LogP contribution in [0.4, 0.5) is 0 Å². The molecule has 0 aliphatic heterocycles. The first kappa shape index (κ1) is 16.5. The van der Waals surface area contributed by atoms with Crippen molar-refractivity contribution in [1.82, 2.24) is 0 Å². The molecule has 10 heteroatoms. The van der Waals surface area contributed by atoms with Gasteiger partial charge in [0.1, 0.15) is 5.56 Å². The Morgan fingerprint density at radius 2 is 1.17 bits per heavy atom. The van der Waals surface area contributed by atoms with Crippen LogP contribution in [0.1, 0.15) is 41.4 Å². The number of hydrogen-bond acceptors (Lipinski definition) is 6. The van der Waals surface area contributed by atoms with Gasteiger partial charge in [0, 0.05) is 16.3 Å². The second kappa shape index (κ2) is 5.43.